The number of hydrogen-bond donors (Lipinski definition) is 1. The van der Waals surface area contributed by atoms with Gasteiger partial charge in [0, 0.05) is 33.8 Å². The summed E-state index contributed by atoms with van der Waals surface area (Å²) in [7, 11) is 5.54. The summed E-state index contributed by atoms with van der Waals surface area (Å²) in [5, 5.41) is 3.06. The molecule has 1 aromatic heterocycles. The van der Waals surface area contributed by atoms with Crippen LogP contribution in [0.4, 0.5) is 11.6 Å². The number of ether oxygens (including phenoxy) is 1. The predicted molar refractivity (Wildman–Crippen MR) is 85.7 cm³/mol. The number of aromatic nitrogens is 2. The van der Waals surface area contributed by atoms with E-state index in [0.29, 0.717) is 12.4 Å². The summed E-state index contributed by atoms with van der Waals surface area (Å²) >= 11 is 0. The smallest absolute Gasteiger partial charge is 0.158 e. The first kappa shape index (κ1) is 15.3. The molecule has 0 saturated heterocycles. The van der Waals surface area contributed by atoms with E-state index in [1.807, 2.05) is 26.2 Å². The Morgan fingerprint density at radius 2 is 1.95 bits per heavy atom. The average molecular weight is 286 g/mol. The van der Waals surface area contributed by atoms with E-state index >= 15 is 0 Å². The van der Waals surface area contributed by atoms with Crippen molar-refractivity contribution in [3.8, 4) is 0 Å². The summed E-state index contributed by atoms with van der Waals surface area (Å²) < 4.78 is 5.12. The highest BCUT2D eigenvalue weighted by Gasteiger charge is 2.08. The Hall–Kier alpha value is -2.14. The Kier molecular flexibility index (Phi) is 5.51. The van der Waals surface area contributed by atoms with Crippen LogP contribution in [0.3, 0.4) is 0 Å². The monoisotopic (exact) mass is 286 g/mol. The summed E-state index contributed by atoms with van der Waals surface area (Å²) in [6, 6.07) is 12.4. The zero-order valence-corrected chi connectivity index (χ0v) is 12.8. The zero-order valence-electron chi connectivity index (χ0n) is 12.8. The minimum Gasteiger partial charge on any atom is -0.377 e. The highest BCUT2D eigenvalue weighted by Crippen LogP contribution is 2.15. The molecule has 1 heterocycles. The van der Waals surface area contributed by atoms with Crippen LogP contribution in [0.1, 0.15) is 11.4 Å². The van der Waals surface area contributed by atoms with Gasteiger partial charge in [0.05, 0.1) is 0 Å². The second kappa shape index (κ2) is 7.59. The summed E-state index contributed by atoms with van der Waals surface area (Å²) in [4.78, 5) is 11.0. The number of hydrogen-bond acceptors (Lipinski definition) is 5. The highest BCUT2D eigenvalue weighted by atomic mass is 16.5. The topological polar surface area (TPSA) is 50.3 Å². The molecule has 0 fully saturated rings. The first-order chi connectivity index (χ1) is 10.2. The third kappa shape index (κ3) is 4.43. The number of anilines is 2. The molecule has 5 heteroatoms. The molecular formula is C16H22N4O. The number of likely N-dealkylation sites (N-methyl/N-ethyl adjacent to an activating group) is 1. The fourth-order valence-corrected chi connectivity index (χ4v) is 2.06. The molecule has 2 aromatic rings. The number of rotatable bonds is 7. The van der Waals surface area contributed by atoms with E-state index in [1.165, 1.54) is 5.56 Å². The quantitative estimate of drug-likeness (QED) is 0.846. The molecule has 0 unspecified atom stereocenters. The fourth-order valence-electron chi connectivity index (χ4n) is 2.06. The van der Waals surface area contributed by atoms with Crippen molar-refractivity contribution in [1.82, 2.24) is 9.97 Å². The lowest BCUT2D eigenvalue weighted by molar-refractivity contribution is 0.178. The lowest BCUT2D eigenvalue weighted by Crippen LogP contribution is -2.22. The molecule has 0 aliphatic carbocycles. The normalized spacial score (nSPS) is 10.4. The Labute approximate surface area is 126 Å². The van der Waals surface area contributed by atoms with Crippen molar-refractivity contribution >= 4 is 11.6 Å². The largest absolute Gasteiger partial charge is 0.377 e. The van der Waals surface area contributed by atoms with Crippen LogP contribution in [0.15, 0.2) is 36.4 Å². The lowest BCUT2D eigenvalue weighted by Gasteiger charge is -2.19. The van der Waals surface area contributed by atoms with E-state index in [0.717, 1.165) is 24.6 Å². The Balaban J connectivity index is 2.07. The van der Waals surface area contributed by atoms with Gasteiger partial charge in [-0.05, 0) is 12.0 Å². The maximum absolute atomic E-state index is 5.12. The van der Waals surface area contributed by atoms with Crippen molar-refractivity contribution in [3.05, 3.63) is 47.8 Å². The molecule has 0 bridgehead atoms. The maximum Gasteiger partial charge on any atom is 0.158 e. The second-order valence-electron chi connectivity index (χ2n) is 4.87. The maximum atomic E-state index is 5.12. The first-order valence-electron chi connectivity index (χ1n) is 7.02. The summed E-state index contributed by atoms with van der Waals surface area (Å²) in [5.41, 5.74) is 1.32. The molecule has 5 nitrogen and oxygen atoms in total. The van der Waals surface area contributed by atoms with Gasteiger partial charge in [0.15, 0.2) is 5.82 Å². The SMILES string of the molecule is CNc1cc(N(C)CCc2ccccc2)nc(COC)n1. The first-order valence-corrected chi connectivity index (χ1v) is 7.02. The van der Waals surface area contributed by atoms with E-state index in [1.54, 1.807) is 7.11 Å². The van der Waals surface area contributed by atoms with Gasteiger partial charge in [-0.15, -0.1) is 0 Å². The van der Waals surface area contributed by atoms with Crippen molar-refractivity contribution in [2.45, 2.75) is 13.0 Å². The van der Waals surface area contributed by atoms with E-state index < -0.39 is 0 Å². The van der Waals surface area contributed by atoms with E-state index in [4.69, 9.17) is 4.74 Å². The predicted octanol–water partition coefficient (Wildman–Crippen LogP) is 2.34. The van der Waals surface area contributed by atoms with E-state index in [9.17, 15) is 0 Å². The van der Waals surface area contributed by atoms with Gasteiger partial charge in [0.1, 0.15) is 18.2 Å². The molecule has 0 amide bonds. The van der Waals surface area contributed by atoms with Crippen molar-refractivity contribution < 1.29 is 4.74 Å². The van der Waals surface area contributed by atoms with Gasteiger partial charge in [-0.2, -0.15) is 0 Å². The third-order valence-electron chi connectivity index (χ3n) is 3.26. The summed E-state index contributed by atoms with van der Waals surface area (Å²) in [6.45, 7) is 1.31. The molecule has 1 N–H and O–H groups in total. The van der Waals surface area contributed by atoms with Gasteiger partial charge < -0.3 is 15.0 Å². The molecule has 0 saturated carbocycles. The molecule has 21 heavy (non-hydrogen) atoms. The van der Waals surface area contributed by atoms with Crippen LogP contribution in [0.2, 0.25) is 0 Å². The van der Waals surface area contributed by atoms with Gasteiger partial charge in [-0.1, -0.05) is 30.3 Å². The fraction of sp³-hybridized carbons (Fsp3) is 0.375. The number of methoxy groups -OCH3 is 1. The molecule has 112 valence electrons. The van der Waals surface area contributed by atoms with Crippen LogP contribution in [0.5, 0.6) is 0 Å². The Morgan fingerprint density at radius 1 is 1.19 bits per heavy atom. The summed E-state index contributed by atoms with van der Waals surface area (Å²) in [6.07, 6.45) is 0.982. The van der Waals surface area contributed by atoms with Gasteiger partial charge in [0.2, 0.25) is 0 Å². The molecular weight excluding hydrogens is 264 g/mol. The van der Waals surface area contributed by atoms with Crippen LogP contribution in [0.25, 0.3) is 0 Å². The van der Waals surface area contributed by atoms with Crippen LogP contribution >= 0.6 is 0 Å². The van der Waals surface area contributed by atoms with Crippen LogP contribution < -0.4 is 10.2 Å². The van der Waals surface area contributed by atoms with Gasteiger partial charge >= 0.3 is 0 Å². The third-order valence-corrected chi connectivity index (χ3v) is 3.26. The molecule has 1 aromatic carbocycles. The molecule has 0 spiro atoms. The van der Waals surface area contributed by atoms with E-state index in [-0.39, 0.29) is 0 Å². The Bertz CT molecular complexity index is 559. The van der Waals surface area contributed by atoms with Crippen LogP contribution in [-0.2, 0) is 17.8 Å². The van der Waals surface area contributed by atoms with Gasteiger partial charge in [0.25, 0.3) is 0 Å². The second-order valence-corrected chi connectivity index (χ2v) is 4.87. The molecule has 0 aliphatic heterocycles. The molecule has 0 radical (unpaired) electrons. The minimum absolute atomic E-state index is 0.412. The van der Waals surface area contributed by atoms with Crippen LogP contribution in [-0.4, -0.2) is 37.7 Å². The van der Waals surface area contributed by atoms with Crippen molar-refractivity contribution in [1.29, 1.82) is 0 Å². The number of nitrogens with zero attached hydrogens (tertiary/aromatic N) is 3. The minimum atomic E-state index is 0.412. The molecule has 0 aliphatic rings. The highest BCUT2D eigenvalue weighted by molar-refractivity contribution is 5.48. The van der Waals surface area contributed by atoms with Crippen molar-refractivity contribution in [3.63, 3.8) is 0 Å². The lowest BCUT2D eigenvalue weighted by atomic mass is 10.1. The average Bonchev–Trinajstić information content (AvgIpc) is 2.53. The molecule has 0 atom stereocenters. The molecule has 2 rings (SSSR count). The zero-order chi connectivity index (χ0) is 15.1. The van der Waals surface area contributed by atoms with Crippen molar-refractivity contribution in [2.24, 2.45) is 0 Å². The van der Waals surface area contributed by atoms with E-state index in [2.05, 4.69) is 44.5 Å². The van der Waals surface area contributed by atoms with Crippen molar-refractivity contribution in [2.75, 3.05) is 38.0 Å². The van der Waals surface area contributed by atoms with Gasteiger partial charge in [-0.3, -0.25) is 0 Å². The Morgan fingerprint density at radius 3 is 2.62 bits per heavy atom. The number of benzene rings is 1. The number of nitrogens with one attached hydrogen (secondary N) is 1. The summed E-state index contributed by atoms with van der Waals surface area (Å²) in [5.74, 6) is 2.39. The standard InChI is InChI=1S/C16H22N4O/c1-17-14-11-16(19-15(18-14)12-21-3)20(2)10-9-13-7-5-4-6-8-13/h4-8,11H,9-10,12H2,1-3H3,(H,17,18,19). The van der Waals surface area contributed by atoms with Crippen LogP contribution in [0, 0.1) is 0 Å². The van der Waals surface area contributed by atoms with Gasteiger partial charge in [-0.25, -0.2) is 9.97 Å².